The minimum absolute atomic E-state index is 0.0363. The predicted octanol–water partition coefficient (Wildman–Crippen LogP) is 1.59. The van der Waals surface area contributed by atoms with E-state index < -0.39 is 17.3 Å². The van der Waals surface area contributed by atoms with Crippen molar-refractivity contribution >= 4 is 12.0 Å². The van der Waals surface area contributed by atoms with E-state index in [2.05, 4.69) is 0 Å². The Morgan fingerprint density at radius 3 is 2.58 bits per heavy atom. The summed E-state index contributed by atoms with van der Waals surface area (Å²) >= 11 is 0. The molecule has 2 aliphatic heterocycles. The van der Waals surface area contributed by atoms with Gasteiger partial charge in [-0.1, -0.05) is 30.3 Å². The summed E-state index contributed by atoms with van der Waals surface area (Å²) in [6, 6.07) is 9.70. The molecule has 0 bridgehead atoms. The van der Waals surface area contributed by atoms with Crippen molar-refractivity contribution in [3.8, 4) is 0 Å². The highest BCUT2D eigenvalue weighted by atomic mass is 16.5. The molecular formula is C19H25NO4. The Balaban J connectivity index is 1.60. The maximum atomic E-state index is 12.3. The van der Waals surface area contributed by atoms with Crippen LogP contribution in [0.5, 0.6) is 0 Å². The highest BCUT2D eigenvalue weighted by Gasteiger charge is 2.52. The van der Waals surface area contributed by atoms with Crippen molar-refractivity contribution < 1.29 is 19.7 Å². The maximum Gasteiger partial charge on any atom is 0.246 e. The van der Waals surface area contributed by atoms with Crippen molar-refractivity contribution in [2.24, 2.45) is 0 Å². The number of carbonyl (C=O) groups is 1. The van der Waals surface area contributed by atoms with Crippen LogP contribution in [0.25, 0.3) is 6.08 Å². The molecule has 1 aromatic rings. The fourth-order valence-corrected chi connectivity index (χ4v) is 3.60. The zero-order valence-corrected chi connectivity index (χ0v) is 14.0. The molecule has 2 saturated heterocycles. The summed E-state index contributed by atoms with van der Waals surface area (Å²) in [6.07, 6.45) is 3.98. The second-order valence-corrected chi connectivity index (χ2v) is 6.99. The number of aliphatic hydroxyl groups is 2. The number of rotatable bonds is 2. The van der Waals surface area contributed by atoms with Gasteiger partial charge in [0.2, 0.25) is 5.91 Å². The summed E-state index contributed by atoms with van der Waals surface area (Å²) in [6.45, 7) is 3.13. The lowest BCUT2D eigenvalue weighted by Gasteiger charge is -2.51. The van der Waals surface area contributed by atoms with Gasteiger partial charge >= 0.3 is 0 Å². The van der Waals surface area contributed by atoms with Gasteiger partial charge < -0.3 is 19.8 Å². The molecule has 1 spiro atoms. The van der Waals surface area contributed by atoms with Crippen molar-refractivity contribution in [1.29, 1.82) is 0 Å². The van der Waals surface area contributed by atoms with Crippen LogP contribution in [-0.4, -0.2) is 58.0 Å². The van der Waals surface area contributed by atoms with Crippen molar-refractivity contribution in [3.63, 3.8) is 0 Å². The Kier molecular flexibility index (Phi) is 4.76. The number of nitrogens with zero attached hydrogens (tertiary/aromatic N) is 1. The van der Waals surface area contributed by atoms with Gasteiger partial charge in [0.05, 0.1) is 12.2 Å². The normalized spacial score (nSPS) is 30.0. The van der Waals surface area contributed by atoms with Crippen LogP contribution in [0, 0.1) is 0 Å². The SMILES string of the molecule is C[C@@]1(O)CCOC2(CCN(C(=O)C=Cc3ccccc3)CC2)[C@H]1O. The average molecular weight is 331 g/mol. The Bertz CT molecular complexity index is 603. The molecule has 0 unspecified atom stereocenters. The Morgan fingerprint density at radius 1 is 1.25 bits per heavy atom. The van der Waals surface area contributed by atoms with Crippen LogP contribution in [0.15, 0.2) is 36.4 Å². The van der Waals surface area contributed by atoms with E-state index in [1.165, 1.54) is 0 Å². The van der Waals surface area contributed by atoms with Gasteiger partial charge in [0, 0.05) is 25.6 Å². The molecular weight excluding hydrogens is 306 g/mol. The van der Waals surface area contributed by atoms with Crippen LogP contribution in [0.4, 0.5) is 0 Å². The topological polar surface area (TPSA) is 70.0 Å². The van der Waals surface area contributed by atoms with Gasteiger partial charge in [0.1, 0.15) is 11.7 Å². The Hall–Kier alpha value is -1.69. The number of likely N-dealkylation sites (tertiary alicyclic amines) is 1. The third kappa shape index (κ3) is 3.38. The van der Waals surface area contributed by atoms with E-state index in [1.54, 1.807) is 17.9 Å². The van der Waals surface area contributed by atoms with Crippen molar-refractivity contribution in [3.05, 3.63) is 42.0 Å². The summed E-state index contributed by atoms with van der Waals surface area (Å²) in [4.78, 5) is 14.1. The first kappa shape index (κ1) is 17.1. The highest BCUT2D eigenvalue weighted by molar-refractivity contribution is 5.91. The molecule has 2 fully saturated rings. The smallest absolute Gasteiger partial charge is 0.246 e. The number of amides is 1. The lowest BCUT2D eigenvalue weighted by atomic mass is 9.75. The fraction of sp³-hybridized carbons (Fsp3) is 0.526. The third-order valence-corrected chi connectivity index (χ3v) is 5.22. The zero-order chi connectivity index (χ0) is 17.2. The molecule has 5 heteroatoms. The van der Waals surface area contributed by atoms with Crippen molar-refractivity contribution in [1.82, 2.24) is 4.90 Å². The van der Waals surface area contributed by atoms with Crippen LogP contribution in [0.1, 0.15) is 31.7 Å². The predicted molar refractivity (Wildman–Crippen MR) is 91.2 cm³/mol. The van der Waals surface area contributed by atoms with Gasteiger partial charge in [-0.05, 0) is 31.4 Å². The summed E-state index contributed by atoms with van der Waals surface area (Å²) < 4.78 is 5.85. The molecule has 5 nitrogen and oxygen atoms in total. The van der Waals surface area contributed by atoms with Crippen LogP contribution >= 0.6 is 0 Å². The molecule has 3 rings (SSSR count). The number of aliphatic hydroxyl groups excluding tert-OH is 1. The van der Waals surface area contributed by atoms with Gasteiger partial charge in [-0.3, -0.25) is 4.79 Å². The highest BCUT2D eigenvalue weighted by Crippen LogP contribution is 2.39. The second-order valence-electron chi connectivity index (χ2n) is 6.99. The van der Waals surface area contributed by atoms with Crippen molar-refractivity contribution in [2.75, 3.05) is 19.7 Å². The number of ether oxygens (including phenoxy) is 1. The van der Waals surface area contributed by atoms with Gasteiger partial charge in [-0.25, -0.2) is 0 Å². The molecule has 2 aliphatic rings. The maximum absolute atomic E-state index is 12.3. The lowest BCUT2D eigenvalue weighted by Crippen LogP contribution is -2.64. The first-order chi connectivity index (χ1) is 11.4. The molecule has 130 valence electrons. The standard InChI is InChI=1S/C19H25NO4/c1-18(23)11-14-24-19(17(18)22)9-12-20(13-10-19)16(21)8-7-15-5-3-2-4-6-15/h2-8,17,22-23H,9-14H2,1H3/t17-,18+/m0/s1. The quantitative estimate of drug-likeness (QED) is 0.808. The number of carbonyl (C=O) groups excluding carboxylic acids is 1. The number of piperidine rings is 1. The summed E-state index contributed by atoms with van der Waals surface area (Å²) in [5.41, 5.74) is -0.874. The van der Waals surface area contributed by atoms with E-state index in [0.29, 0.717) is 39.0 Å². The largest absolute Gasteiger partial charge is 0.387 e. The molecule has 24 heavy (non-hydrogen) atoms. The summed E-state index contributed by atoms with van der Waals surface area (Å²) in [5.74, 6) is -0.0363. The van der Waals surface area contributed by atoms with Crippen LogP contribution in [0.3, 0.4) is 0 Å². The monoisotopic (exact) mass is 331 g/mol. The van der Waals surface area contributed by atoms with Gasteiger partial charge in [-0.2, -0.15) is 0 Å². The van der Waals surface area contributed by atoms with E-state index in [-0.39, 0.29) is 5.91 Å². The van der Waals surface area contributed by atoms with E-state index in [4.69, 9.17) is 4.74 Å². The molecule has 2 heterocycles. The molecule has 1 amide bonds. The molecule has 0 aromatic heterocycles. The molecule has 2 atom stereocenters. The Morgan fingerprint density at radius 2 is 1.92 bits per heavy atom. The Labute approximate surface area is 142 Å². The van der Waals surface area contributed by atoms with Crippen LogP contribution in [0.2, 0.25) is 0 Å². The molecule has 0 saturated carbocycles. The van der Waals surface area contributed by atoms with E-state index in [0.717, 1.165) is 5.56 Å². The van der Waals surface area contributed by atoms with Crippen LogP contribution < -0.4 is 0 Å². The van der Waals surface area contributed by atoms with Crippen LogP contribution in [-0.2, 0) is 9.53 Å². The van der Waals surface area contributed by atoms with Crippen molar-refractivity contribution in [2.45, 2.75) is 43.5 Å². The van der Waals surface area contributed by atoms with Gasteiger partial charge in [-0.15, -0.1) is 0 Å². The number of benzene rings is 1. The van der Waals surface area contributed by atoms with E-state index in [9.17, 15) is 15.0 Å². The minimum Gasteiger partial charge on any atom is -0.387 e. The average Bonchev–Trinajstić information content (AvgIpc) is 2.59. The number of hydrogen-bond donors (Lipinski definition) is 2. The summed E-state index contributed by atoms with van der Waals surface area (Å²) in [5, 5.41) is 20.8. The minimum atomic E-state index is -1.13. The molecule has 0 radical (unpaired) electrons. The first-order valence-corrected chi connectivity index (χ1v) is 8.49. The lowest BCUT2D eigenvalue weighted by molar-refractivity contribution is -0.245. The second kappa shape index (κ2) is 6.67. The zero-order valence-electron chi connectivity index (χ0n) is 14.0. The third-order valence-electron chi connectivity index (χ3n) is 5.22. The summed E-state index contributed by atoms with van der Waals surface area (Å²) in [7, 11) is 0. The van der Waals surface area contributed by atoms with Gasteiger partial charge in [0.25, 0.3) is 0 Å². The molecule has 0 aliphatic carbocycles. The number of hydrogen-bond acceptors (Lipinski definition) is 4. The fourth-order valence-electron chi connectivity index (χ4n) is 3.60. The van der Waals surface area contributed by atoms with E-state index >= 15 is 0 Å². The molecule has 2 N–H and O–H groups in total. The molecule has 1 aromatic carbocycles. The van der Waals surface area contributed by atoms with E-state index in [1.807, 2.05) is 36.4 Å². The van der Waals surface area contributed by atoms with Gasteiger partial charge in [0.15, 0.2) is 0 Å². The first-order valence-electron chi connectivity index (χ1n) is 8.49.